The van der Waals surface area contributed by atoms with E-state index in [9.17, 15) is 9.59 Å². The molecule has 9 heteroatoms. The second kappa shape index (κ2) is 7.48. The third-order valence-corrected chi connectivity index (χ3v) is 4.86. The Morgan fingerprint density at radius 3 is 2.59 bits per heavy atom. The van der Waals surface area contributed by atoms with Crippen molar-refractivity contribution in [1.82, 2.24) is 29.8 Å². The molecule has 1 N–H and O–H groups in total. The van der Waals surface area contributed by atoms with Gasteiger partial charge in [0.2, 0.25) is 5.78 Å². The van der Waals surface area contributed by atoms with Crippen LogP contribution in [0.1, 0.15) is 33.0 Å². The number of aryl methyl sites for hydroxylation is 1. The molecule has 0 amide bonds. The fourth-order valence-corrected chi connectivity index (χ4v) is 3.20. The average molecular weight is 409 g/mol. The van der Waals surface area contributed by atoms with Gasteiger partial charge >= 0.3 is 0 Å². The second-order valence-corrected chi connectivity index (χ2v) is 6.97. The number of H-pyrrole nitrogens is 1. The van der Waals surface area contributed by atoms with Crippen LogP contribution in [-0.4, -0.2) is 35.5 Å². The number of carbonyl (C=O) groups is 1. The van der Waals surface area contributed by atoms with Gasteiger partial charge < -0.3 is 0 Å². The number of rotatable bonds is 5. The van der Waals surface area contributed by atoms with Gasteiger partial charge in [-0.25, -0.2) is 14.3 Å². The van der Waals surface area contributed by atoms with E-state index >= 15 is 0 Å². The first kappa shape index (κ1) is 18.8. The zero-order valence-corrected chi connectivity index (χ0v) is 16.5. The molecule has 3 aromatic heterocycles. The highest BCUT2D eigenvalue weighted by atomic mass is 35.5. The molecule has 29 heavy (non-hydrogen) atoms. The van der Waals surface area contributed by atoms with E-state index in [2.05, 4.69) is 20.4 Å². The summed E-state index contributed by atoms with van der Waals surface area (Å²) in [6, 6.07) is 12.6. The Kier molecular flexibility index (Phi) is 4.85. The minimum absolute atomic E-state index is 0.0529. The molecule has 8 nitrogen and oxygen atoms in total. The largest absolute Gasteiger partial charge is 0.295 e. The summed E-state index contributed by atoms with van der Waals surface area (Å²) in [7, 11) is 0. The van der Waals surface area contributed by atoms with Crippen molar-refractivity contribution in [1.29, 1.82) is 0 Å². The number of hydrogen-bond acceptors (Lipinski definition) is 5. The van der Waals surface area contributed by atoms with Crippen LogP contribution < -0.4 is 5.56 Å². The molecule has 0 saturated heterocycles. The summed E-state index contributed by atoms with van der Waals surface area (Å²) in [6.45, 7) is 3.82. The molecular formula is C20H17ClN6O2. The molecule has 0 saturated carbocycles. The van der Waals surface area contributed by atoms with Crippen molar-refractivity contribution < 1.29 is 4.79 Å². The number of benzene rings is 1. The molecule has 0 aliphatic carbocycles. The molecule has 3 heterocycles. The fraction of sp³-hybridized carbons (Fsp3) is 0.150. The summed E-state index contributed by atoms with van der Waals surface area (Å²) in [4.78, 5) is 30.0. The van der Waals surface area contributed by atoms with Gasteiger partial charge in [0.25, 0.3) is 5.56 Å². The van der Waals surface area contributed by atoms with Gasteiger partial charge in [0.1, 0.15) is 10.7 Å². The van der Waals surface area contributed by atoms with E-state index in [4.69, 9.17) is 11.6 Å². The summed E-state index contributed by atoms with van der Waals surface area (Å²) in [5, 5.41) is 11.5. The monoisotopic (exact) mass is 408 g/mol. The molecule has 0 fully saturated rings. The number of nitrogens with zero attached hydrogens (tertiary/aromatic N) is 5. The van der Waals surface area contributed by atoms with E-state index in [0.717, 1.165) is 5.56 Å². The Balaban J connectivity index is 1.68. The van der Waals surface area contributed by atoms with E-state index in [0.29, 0.717) is 28.8 Å². The van der Waals surface area contributed by atoms with Crippen LogP contribution in [0.4, 0.5) is 0 Å². The molecule has 0 aliphatic heterocycles. The molecule has 0 unspecified atom stereocenters. The maximum absolute atomic E-state index is 13.1. The quantitative estimate of drug-likeness (QED) is 0.404. The van der Waals surface area contributed by atoms with Crippen molar-refractivity contribution in [2.24, 2.45) is 0 Å². The van der Waals surface area contributed by atoms with E-state index in [1.165, 1.54) is 4.68 Å². The van der Waals surface area contributed by atoms with Crippen LogP contribution in [0.15, 0.2) is 53.5 Å². The number of hydrogen-bond donors (Lipinski definition) is 1. The minimum atomic E-state index is -0.462. The first-order chi connectivity index (χ1) is 14.0. The number of aromatic amines is 1. The van der Waals surface area contributed by atoms with Gasteiger partial charge in [-0.05, 0) is 37.6 Å². The third kappa shape index (κ3) is 3.50. The third-order valence-electron chi connectivity index (χ3n) is 4.63. The second-order valence-electron chi connectivity index (χ2n) is 6.59. The van der Waals surface area contributed by atoms with Gasteiger partial charge in [-0.15, -0.1) is 5.10 Å². The van der Waals surface area contributed by atoms with E-state index in [1.807, 2.05) is 24.3 Å². The molecular weight excluding hydrogens is 392 g/mol. The van der Waals surface area contributed by atoms with Crippen LogP contribution in [0, 0.1) is 13.8 Å². The van der Waals surface area contributed by atoms with E-state index in [-0.39, 0.29) is 11.3 Å². The topological polar surface area (TPSA) is 98.5 Å². The SMILES string of the molecule is Cc1[nH]n(-c2ccccc2)c(=O)c1C(=O)c1nnn(Cc2ccc(Cl)nc2)c1C. The van der Waals surface area contributed by atoms with Gasteiger partial charge in [0.05, 0.1) is 17.9 Å². The van der Waals surface area contributed by atoms with Gasteiger partial charge in [-0.1, -0.05) is 41.1 Å². The van der Waals surface area contributed by atoms with Crippen LogP contribution in [-0.2, 0) is 6.54 Å². The Labute approximate surface area is 170 Å². The first-order valence-corrected chi connectivity index (χ1v) is 9.25. The maximum Gasteiger partial charge on any atom is 0.282 e. The summed E-state index contributed by atoms with van der Waals surface area (Å²) in [6.07, 6.45) is 1.64. The van der Waals surface area contributed by atoms with Gasteiger partial charge in [0, 0.05) is 11.9 Å². The lowest BCUT2D eigenvalue weighted by Gasteiger charge is -2.03. The summed E-state index contributed by atoms with van der Waals surface area (Å²) < 4.78 is 2.94. The number of aromatic nitrogens is 6. The van der Waals surface area contributed by atoms with Crippen LogP contribution >= 0.6 is 11.6 Å². The minimum Gasteiger partial charge on any atom is -0.295 e. The molecule has 0 aliphatic rings. The van der Waals surface area contributed by atoms with Crippen LogP contribution in [0.5, 0.6) is 0 Å². The van der Waals surface area contributed by atoms with Gasteiger partial charge in [-0.2, -0.15) is 0 Å². The Hall–Kier alpha value is -3.52. The highest BCUT2D eigenvalue weighted by Gasteiger charge is 2.25. The highest BCUT2D eigenvalue weighted by molar-refractivity contribution is 6.29. The van der Waals surface area contributed by atoms with E-state index < -0.39 is 11.3 Å². The molecule has 0 atom stereocenters. The maximum atomic E-state index is 13.1. The lowest BCUT2D eigenvalue weighted by Crippen LogP contribution is -2.21. The Bertz CT molecular complexity index is 1240. The highest BCUT2D eigenvalue weighted by Crippen LogP contribution is 2.15. The summed E-state index contributed by atoms with van der Waals surface area (Å²) in [5.74, 6) is -0.462. The number of halogens is 1. The van der Waals surface area contributed by atoms with E-state index in [1.54, 1.807) is 42.9 Å². The van der Waals surface area contributed by atoms with Gasteiger partial charge in [0.15, 0.2) is 5.69 Å². The van der Waals surface area contributed by atoms with Crippen LogP contribution in [0.2, 0.25) is 5.15 Å². The Morgan fingerprint density at radius 1 is 1.14 bits per heavy atom. The molecule has 4 aromatic rings. The fourth-order valence-electron chi connectivity index (χ4n) is 3.08. The number of para-hydroxylation sites is 1. The first-order valence-electron chi connectivity index (χ1n) is 8.88. The lowest BCUT2D eigenvalue weighted by molar-refractivity contribution is 0.103. The summed E-state index contributed by atoms with van der Waals surface area (Å²) >= 11 is 5.81. The van der Waals surface area contributed by atoms with Gasteiger partial charge in [-0.3, -0.25) is 14.7 Å². The van der Waals surface area contributed by atoms with Crippen molar-refractivity contribution in [2.75, 3.05) is 0 Å². The number of carbonyl (C=O) groups excluding carboxylic acids is 1. The summed E-state index contributed by atoms with van der Waals surface area (Å²) in [5.41, 5.74) is 2.33. The van der Waals surface area contributed by atoms with Crippen molar-refractivity contribution >= 4 is 17.4 Å². The number of pyridine rings is 1. The van der Waals surface area contributed by atoms with Crippen LogP contribution in [0.25, 0.3) is 5.69 Å². The molecule has 0 bridgehead atoms. The van der Waals surface area contributed by atoms with Crippen LogP contribution in [0.3, 0.4) is 0 Å². The predicted octanol–water partition coefficient (Wildman–Crippen LogP) is 2.70. The average Bonchev–Trinajstić information content (AvgIpc) is 3.23. The normalized spacial score (nSPS) is 11.0. The van der Waals surface area contributed by atoms with Crippen molar-refractivity contribution in [2.45, 2.75) is 20.4 Å². The van der Waals surface area contributed by atoms with Crippen molar-refractivity contribution in [3.8, 4) is 5.69 Å². The zero-order valence-electron chi connectivity index (χ0n) is 15.8. The van der Waals surface area contributed by atoms with Crippen molar-refractivity contribution in [3.63, 3.8) is 0 Å². The Morgan fingerprint density at radius 2 is 1.90 bits per heavy atom. The zero-order chi connectivity index (χ0) is 20.5. The van der Waals surface area contributed by atoms with Crippen molar-refractivity contribution in [3.05, 3.63) is 92.4 Å². The molecule has 146 valence electrons. The standard InChI is InChI=1S/C20H17ClN6O2/c1-12-17(20(29)27(24-12)15-6-4-3-5-7-15)19(28)18-13(2)26(25-23-18)11-14-8-9-16(21)22-10-14/h3-10,24H,11H2,1-2H3. The molecule has 1 aromatic carbocycles. The molecule has 0 spiro atoms. The number of nitrogens with one attached hydrogen (secondary N) is 1. The molecule has 0 radical (unpaired) electrons. The number of ketones is 1. The predicted molar refractivity (Wildman–Crippen MR) is 108 cm³/mol. The smallest absolute Gasteiger partial charge is 0.282 e. The molecule has 4 rings (SSSR count). The lowest BCUT2D eigenvalue weighted by atomic mass is 10.1.